The zero-order valence-electron chi connectivity index (χ0n) is 16.6. The Morgan fingerprint density at radius 1 is 1.04 bits per heavy atom. The average molecular weight is 497 g/mol. The summed E-state index contributed by atoms with van der Waals surface area (Å²) in [6.07, 6.45) is 4.68. The van der Waals surface area contributed by atoms with Gasteiger partial charge in [0.2, 0.25) is 5.75 Å². The van der Waals surface area contributed by atoms with Crippen molar-refractivity contribution in [1.29, 1.82) is 0 Å². The van der Waals surface area contributed by atoms with Crippen LogP contribution in [0.15, 0.2) is 35.3 Å². The first-order valence-corrected chi connectivity index (χ1v) is 9.13. The molecule has 0 fully saturated rings. The van der Waals surface area contributed by atoms with Gasteiger partial charge in [0.15, 0.2) is 17.5 Å². The van der Waals surface area contributed by atoms with Gasteiger partial charge in [-0.25, -0.2) is 4.99 Å². The molecule has 0 spiro atoms. The van der Waals surface area contributed by atoms with Crippen LogP contribution in [0.1, 0.15) is 29.5 Å². The Balaban J connectivity index is 0.00000280. The van der Waals surface area contributed by atoms with E-state index in [9.17, 15) is 0 Å². The van der Waals surface area contributed by atoms with Crippen LogP contribution in [0.4, 0.5) is 5.69 Å². The highest BCUT2D eigenvalue weighted by Gasteiger charge is 2.14. The largest absolute Gasteiger partial charge is 0.493 e. The van der Waals surface area contributed by atoms with Gasteiger partial charge in [0.25, 0.3) is 0 Å². The van der Waals surface area contributed by atoms with E-state index in [0.29, 0.717) is 29.8 Å². The molecule has 0 saturated carbocycles. The van der Waals surface area contributed by atoms with E-state index in [1.54, 1.807) is 21.3 Å². The number of nitrogens with one attached hydrogen (secondary N) is 1. The van der Waals surface area contributed by atoms with Crippen LogP contribution in [-0.4, -0.2) is 27.3 Å². The summed E-state index contributed by atoms with van der Waals surface area (Å²) < 4.78 is 16.1. The fourth-order valence-electron chi connectivity index (χ4n) is 3.48. The molecule has 6 nitrogen and oxygen atoms in total. The van der Waals surface area contributed by atoms with E-state index >= 15 is 0 Å². The zero-order chi connectivity index (χ0) is 19.2. The second-order valence-electron chi connectivity index (χ2n) is 6.51. The van der Waals surface area contributed by atoms with Crippen molar-refractivity contribution in [2.45, 2.75) is 32.2 Å². The number of nitrogens with zero attached hydrogens (tertiary/aromatic N) is 1. The Kier molecular flexibility index (Phi) is 8.22. The van der Waals surface area contributed by atoms with Crippen molar-refractivity contribution >= 4 is 35.6 Å². The topological polar surface area (TPSA) is 78.1 Å². The molecule has 0 aromatic heterocycles. The molecule has 0 amide bonds. The highest BCUT2D eigenvalue weighted by molar-refractivity contribution is 14.0. The molecule has 0 radical (unpaired) electrons. The normalized spacial score (nSPS) is 13.2. The van der Waals surface area contributed by atoms with E-state index in [1.807, 2.05) is 12.1 Å². The molecule has 0 saturated heterocycles. The Labute approximate surface area is 183 Å². The first-order chi connectivity index (χ1) is 13.2. The van der Waals surface area contributed by atoms with E-state index in [2.05, 4.69) is 28.5 Å². The smallest absolute Gasteiger partial charge is 0.203 e. The molecule has 7 heteroatoms. The quantitative estimate of drug-likeness (QED) is 0.357. The monoisotopic (exact) mass is 497 g/mol. The summed E-state index contributed by atoms with van der Waals surface area (Å²) >= 11 is 0. The third-order valence-corrected chi connectivity index (χ3v) is 4.82. The molecule has 2 aromatic carbocycles. The van der Waals surface area contributed by atoms with E-state index in [0.717, 1.165) is 24.1 Å². The highest BCUT2D eigenvalue weighted by Crippen LogP contribution is 2.38. The van der Waals surface area contributed by atoms with Gasteiger partial charge in [-0.2, -0.15) is 0 Å². The molecule has 0 unspecified atom stereocenters. The maximum absolute atomic E-state index is 6.14. The van der Waals surface area contributed by atoms with Crippen LogP contribution in [0.5, 0.6) is 17.2 Å². The highest BCUT2D eigenvalue weighted by atomic mass is 127. The molecule has 28 heavy (non-hydrogen) atoms. The van der Waals surface area contributed by atoms with Crippen LogP contribution in [0.2, 0.25) is 0 Å². The third kappa shape index (κ3) is 5.01. The Hall–Kier alpha value is -2.16. The number of guanidine groups is 1. The van der Waals surface area contributed by atoms with Gasteiger partial charge >= 0.3 is 0 Å². The molecular formula is C21H28IN3O3. The molecule has 3 N–H and O–H groups in total. The number of nitrogens with two attached hydrogens (primary N) is 1. The number of benzene rings is 2. The Morgan fingerprint density at radius 2 is 1.71 bits per heavy atom. The molecule has 3 rings (SSSR count). The number of aliphatic imine (C=N–C) groups is 1. The number of hydrogen-bond acceptors (Lipinski definition) is 4. The third-order valence-electron chi connectivity index (χ3n) is 4.82. The lowest BCUT2D eigenvalue weighted by atomic mass is 9.90. The maximum atomic E-state index is 6.14. The number of halogens is 1. The molecule has 1 aliphatic carbocycles. The van der Waals surface area contributed by atoms with Crippen LogP contribution >= 0.6 is 24.0 Å². The second kappa shape index (κ2) is 10.4. The van der Waals surface area contributed by atoms with Crippen LogP contribution in [0.25, 0.3) is 0 Å². The summed E-state index contributed by atoms with van der Waals surface area (Å²) in [4.78, 5) is 4.48. The molecule has 0 aliphatic heterocycles. The predicted molar refractivity (Wildman–Crippen MR) is 124 cm³/mol. The first-order valence-electron chi connectivity index (χ1n) is 9.13. The fourth-order valence-corrected chi connectivity index (χ4v) is 3.48. The van der Waals surface area contributed by atoms with Crippen molar-refractivity contribution in [2.24, 2.45) is 10.7 Å². The van der Waals surface area contributed by atoms with Crippen LogP contribution in [-0.2, 0) is 19.4 Å². The molecular weight excluding hydrogens is 469 g/mol. The van der Waals surface area contributed by atoms with Gasteiger partial charge < -0.3 is 25.3 Å². The van der Waals surface area contributed by atoms with Gasteiger partial charge in [-0.3, -0.25) is 0 Å². The van der Waals surface area contributed by atoms with Gasteiger partial charge in [-0.1, -0.05) is 12.1 Å². The van der Waals surface area contributed by atoms with Crippen molar-refractivity contribution in [2.75, 3.05) is 26.6 Å². The van der Waals surface area contributed by atoms with E-state index in [-0.39, 0.29) is 24.0 Å². The van der Waals surface area contributed by atoms with Gasteiger partial charge in [-0.05, 0) is 60.6 Å². The van der Waals surface area contributed by atoms with Crippen molar-refractivity contribution in [3.05, 3.63) is 47.0 Å². The zero-order valence-corrected chi connectivity index (χ0v) is 18.9. The molecule has 0 bridgehead atoms. The van der Waals surface area contributed by atoms with Crippen molar-refractivity contribution in [1.82, 2.24) is 0 Å². The van der Waals surface area contributed by atoms with Crippen molar-refractivity contribution in [3.63, 3.8) is 0 Å². The number of ether oxygens (including phenoxy) is 3. The fraction of sp³-hybridized carbons (Fsp3) is 0.381. The number of hydrogen-bond donors (Lipinski definition) is 2. The Morgan fingerprint density at radius 3 is 2.36 bits per heavy atom. The Bertz CT molecular complexity index is 815. The minimum absolute atomic E-state index is 0. The second-order valence-corrected chi connectivity index (χ2v) is 6.51. The van der Waals surface area contributed by atoms with Gasteiger partial charge in [0.05, 0.1) is 27.9 Å². The van der Waals surface area contributed by atoms with Crippen LogP contribution in [0, 0.1) is 0 Å². The lowest BCUT2D eigenvalue weighted by molar-refractivity contribution is 0.324. The first kappa shape index (κ1) is 22.1. The summed E-state index contributed by atoms with van der Waals surface area (Å²) in [6.45, 7) is 0.407. The molecule has 2 aromatic rings. The standard InChI is InChI=1S/C21H27N3O3.HI/c1-25-18-11-14(12-19(26-2)20(18)27-3)13-23-21(22)24-17-10-6-8-15-7-4-5-9-16(15)17;/h6,8,10-12H,4-5,7,9,13H2,1-3H3,(H3,22,23,24);1H. The predicted octanol–water partition coefficient (Wildman–Crippen LogP) is 4.14. The summed E-state index contributed by atoms with van der Waals surface area (Å²) in [5, 5.41) is 3.26. The average Bonchev–Trinajstić information content (AvgIpc) is 2.71. The minimum atomic E-state index is 0. The summed E-state index contributed by atoms with van der Waals surface area (Å²) in [7, 11) is 4.78. The maximum Gasteiger partial charge on any atom is 0.203 e. The van der Waals surface area contributed by atoms with Gasteiger partial charge in [0.1, 0.15) is 0 Å². The minimum Gasteiger partial charge on any atom is -0.493 e. The lowest BCUT2D eigenvalue weighted by Crippen LogP contribution is -2.24. The number of anilines is 1. The van der Waals surface area contributed by atoms with Gasteiger partial charge in [-0.15, -0.1) is 24.0 Å². The number of fused-ring (bicyclic) bond motifs is 1. The summed E-state index contributed by atoms with van der Waals surface area (Å²) in [6, 6.07) is 10.1. The van der Waals surface area contributed by atoms with E-state index in [1.165, 1.54) is 24.0 Å². The summed E-state index contributed by atoms with van der Waals surface area (Å²) in [5.41, 5.74) is 10.9. The van der Waals surface area contributed by atoms with Crippen LogP contribution in [0.3, 0.4) is 0 Å². The summed E-state index contributed by atoms with van der Waals surface area (Å²) in [5.74, 6) is 2.16. The van der Waals surface area contributed by atoms with Crippen LogP contribution < -0.4 is 25.3 Å². The molecule has 0 heterocycles. The van der Waals surface area contributed by atoms with Crippen molar-refractivity contribution in [3.8, 4) is 17.2 Å². The van der Waals surface area contributed by atoms with Crippen molar-refractivity contribution < 1.29 is 14.2 Å². The number of rotatable bonds is 6. The lowest BCUT2D eigenvalue weighted by Gasteiger charge is -2.19. The molecule has 152 valence electrons. The number of methoxy groups -OCH3 is 3. The van der Waals surface area contributed by atoms with E-state index in [4.69, 9.17) is 19.9 Å². The van der Waals surface area contributed by atoms with Gasteiger partial charge in [0, 0.05) is 5.69 Å². The number of aryl methyl sites for hydroxylation is 1. The SMILES string of the molecule is COc1cc(CN=C(N)Nc2cccc3c2CCCC3)cc(OC)c1OC.I. The molecule has 0 atom stereocenters. The van der Waals surface area contributed by atoms with E-state index < -0.39 is 0 Å². The molecule has 1 aliphatic rings.